The first-order chi connectivity index (χ1) is 4.34. The van der Waals surface area contributed by atoms with Crippen molar-refractivity contribution in [1.29, 1.82) is 0 Å². The van der Waals surface area contributed by atoms with E-state index in [9.17, 15) is 0 Å². The van der Waals surface area contributed by atoms with Gasteiger partial charge in [0, 0.05) is 10.9 Å². The summed E-state index contributed by atoms with van der Waals surface area (Å²) in [5.74, 6) is 0.430. The highest BCUT2D eigenvalue weighted by Crippen LogP contribution is 2.15. The van der Waals surface area contributed by atoms with Gasteiger partial charge in [0.15, 0.2) is 0 Å². The van der Waals surface area contributed by atoms with E-state index in [1.165, 1.54) is 0 Å². The number of halogens is 2. The molecule has 0 amide bonds. The minimum absolute atomic E-state index is 0.430. The van der Waals surface area contributed by atoms with Crippen molar-refractivity contribution in [2.24, 2.45) is 0 Å². The van der Waals surface area contributed by atoms with Crippen LogP contribution in [0.5, 0.6) is 0 Å². The van der Waals surface area contributed by atoms with Crippen LogP contribution in [-0.2, 0) is 5.88 Å². The fraction of sp³-hybridized carbons (Fsp3) is 0.143. The molecule has 0 fully saturated rings. The summed E-state index contributed by atoms with van der Waals surface area (Å²) in [6.07, 6.45) is 0. The maximum Gasteiger partial charge on any atom is 0.0495 e. The third kappa shape index (κ3) is 1.60. The van der Waals surface area contributed by atoms with Crippen LogP contribution in [0.1, 0.15) is 5.56 Å². The fourth-order valence-corrected chi connectivity index (χ4v) is 1.04. The zero-order valence-electron chi connectivity index (χ0n) is 4.70. The smallest absolute Gasteiger partial charge is 0.0495 e. The summed E-state index contributed by atoms with van der Waals surface area (Å²) in [4.78, 5) is 0. The van der Waals surface area contributed by atoms with Gasteiger partial charge in [0.05, 0.1) is 0 Å². The Morgan fingerprint density at radius 2 is 2.33 bits per heavy atom. The van der Waals surface area contributed by atoms with Crippen LogP contribution in [0.25, 0.3) is 0 Å². The molecule has 0 aliphatic rings. The predicted molar refractivity (Wildman–Crippen MR) is 39.8 cm³/mol. The van der Waals surface area contributed by atoms with Crippen LogP contribution in [0, 0.1) is 6.07 Å². The van der Waals surface area contributed by atoms with Crippen molar-refractivity contribution in [2.75, 3.05) is 0 Å². The summed E-state index contributed by atoms with van der Waals surface area (Å²) in [5, 5.41) is 0.688. The molecule has 0 aromatic heterocycles. The first kappa shape index (κ1) is 6.91. The molecule has 0 saturated heterocycles. The second-order valence-corrected chi connectivity index (χ2v) is 2.30. The van der Waals surface area contributed by atoms with E-state index >= 15 is 0 Å². The summed E-state index contributed by atoms with van der Waals surface area (Å²) in [6, 6.07) is 8.35. The molecular formula is C7H5Cl2. The van der Waals surface area contributed by atoms with Crippen molar-refractivity contribution in [1.82, 2.24) is 0 Å². The molecule has 1 radical (unpaired) electrons. The topological polar surface area (TPSA) is 0 Å². The number of rotatable bonds is 1. The summed E-state index contributed by atoms with van der Waals surface area (Å²) < 4.78 is 0. The number of benzene rings is 1. The van der Waals surface area contributed by atoms with E-state index in [4.69, 9.17) is 23.2 Å². The Labute approximate surface area is 64.4 Å². The molecule has 0 unspecified atom stereocenters. The molecule has 1 rings (SSSR count). The summed E-state index contributed by atoms with van der Waals surface area (Å²) in [6.45, 7) is 0. The lowest BCUT2D eigenvalue weighted by Crippen LogP contribution is -1.76. The van der Waals surface area contributed by atoms with Crippen LogP contribution in [0.4, 0.5) is 0 Å². The lowest BCUT2D eigenvalue weighted by Gasteiger charge is -1.94. The van der Waals surface area contributed by atoms with Gasteiger partial charge >= 0.3 is 0 Å². The van der Waals surface area contributed by atoms with E-state index in [-0.39, 0.29) is 0 Å². The van der Waals surface area contributed by atoms with Gasteiger partial charge in [-0.15, -0.1) is 11.6 Å². The largest absolute Gasteiger partial charge is 0.121 e. The average Bonchev–Trinajstić information content (AvgIpc) is 1.89. The molecule has 0 aliphatic carbocycles. The zero-order valence-corrected chi connectivity index (χ0v) is 6.21. The van der Waals surface area contributed by atoms with E-state index in [1.54, 1.807) is 12.1 Å². The predicted octanol–water partition coefficient (Wildman–Crippen LogP) is 2.88. The van der Waals surface area contributed by atoms with Gasteiger partial charge in [-0.05, 0) is 17.7 Å². The van der Waals surface area contributed by atoms with Gasteiger partial charge in [0.25, 0.3) is 0 Å². The van der Waals surface area contributed by atoms with Crippen molar-refractivity contribution in [3.8, 4) is 0 Å². The molecule has 0 heterocycles. The van der Waals surface area contributed by atoms with Crippen molar-refractivity contribution < 1.29 is 0 Å². The second-order valence-electron chi connectivity index (χ2n) is 1.63. The summed E-state index contributed by atoms with van der Waals surface area (Å²) in [5.41, 5.74) is 0.862. The Balaban J connectivity index is 3.01. The third-order valence-electron chi connectivity index (χ3n) is 1.02. The minimum Gasteiger partial charge on any atom is -0.121 e. The number of hydrogen-bond acceptors (Lipinski definition) is 0. The van der Waals surface area contributed by atoms with Gasteiger partial charge in [0.1, 0.15) is 0 Å². The molecule has 9 heavy (non-hydrogen) atoms. The summed E-state index contributed by atoms with van der Waals surface area (Å²) in [7, 11) is 0. The molecular weight excluding hydrogens is 155 g/mol. The molecule has 0 saturated carbocycles. The van der Waals surface area contributed by atoms with Crippen LogP contribution in [0.2, 0.25) is 5.02 Å². The average molecular weight is 160 g/mol. The van der Waals surface area contributed by atoms with Crippen LogP contribution < -0.4 is 0 Å². The van der Waals surface area contributed by atoms with Gasteiger partial charge in [-0.3, -0.25) is 0 Å². The Morgan fingerprint density at radius 1 is 1.56 bits per heavy atom. The molecule has 0 spiro atoms. The van der Waals surface area contributed by atoms with Gasteiger partial charge in [-0.2, -0.15) is 0 Å². The Morgan fingerprint density at radius 3 is 2.78 bits per heavy atom. The standard InChI is InChI=1S/C7H5Cl2/c8-5-6-3-1-2-4-7(6)9/h1-2,4H,5H2. The van der Waals surface area contributed by atoms with E-state index in [2.05, 4.69) is 6.07 Å². The first-order valence-corrected chi connectivity index (χ1v) is 3.47. The lowest BCUT2D eigenvalue weighted by atomic mass is 10.2. The van der Waals surface area contributed by atoms with Crippen LogP contribution in [0.3, 0.4) is 0 Å². The number of hydrogen-bond donors (Lipinski definition) is 0. The molecule has 0 atom stereocenters. The molecule has 2 heteroatoms. The Bertz CT molecular complexity index is 196. The van der Waals surface area contributed by atoms with Crippen molar-refractivity contribution in [3.05, 3.63) is 34.9 Å². The first-order valence-electron chi connectivity index (χ1n) is 2.55. The van der Waals surface area contributed by atoms with E-state index < -0.39 is 0 Å². The molecule has 0 N–H and O–H groups in total. The highest BCUT2D eigenvalue weighted by molar-refractivity contribution is 6.32. The number of alkyl halides is 1. The molecule has 1 aromatic rings. The van der Waals surface area contributed by atoms with Crippen molar-refractivity contribution in [3.63, 3.8) is 0 Å². The minimum atomic E-state index is 0.430. The maximum absolute atomic E-state index is 5.71. The van der Waals surface area contributed by atoms with Gasteiger partial charge in [-0.1, -0.05) is 23.7 Å². The Kier molecular flexibility index (Phi) is 2.38. The fourth-order valence-electron chi connectivity index (χ4n) is 0.553. The quantitative estimate of drug-likeness (QED) is 0.554. The second kappa shape index (κ2) is 3.09. The normalized spacial score (nSPS) is 9.56. The molecule has 0 aliphatic heterocycles. The lowest BCUT2D eigenvalue weighted by molar-refractivity contribution is 1.39. The SMILES string of the molecule is ClCc1[c]cccc1Cl. The monoisotopic (exact) mass is 159 g/mol. The van der Waals surface area contributed by atoms with E-state index in [0.717, 1.165) is 5.56 Å². The van der Waals surface area contributed by atoms with Crippen LogP contribution in [0.15, 0.2) is 18.2 Å². The van der Waals surface area contributed by atoms with Gasteiger partial charge in [-0.25, -0.2) is 0 Å². The zero-order chi connectivity index (χ0) is 6.69. The van der Waals surface area contributed by atoms with Gasteiger partial charge < -0.3 is 0 Å². The van der Waals surface area contributed by atoms with E-state index in [1.807, 2.05) is 6.07 Å². The summed E-state index contributed by atoms with van der Waals surface area (Å²) >= 11 is 11.2. The van der Waals surface area contributed by atoms with Gasteiger partial charge in [0.2, 0.25) is 0 Å². The molecule has 47 valence electrons. The molecule has 1 aromatic carbocycles. The van der Waals surface area contributed by atoms with E-state index in [0.29, 0.717) is 10.9 Å². The van der Waals surface area contributed by atoms with Crippen LogP contribution >= 0.6 is 23.2 Å². The molecule has 0 nitrogen and oxygen atoms in total. The third-order valence-corrected chi connectivity index (χ3v) is 1.64. The molecule has 0 bridgehead atoms. The Hall–Kier alpha value is -0.200. The highest BCUT2D eigenvalue weighted by Gasteiger charge is 1.93. The maximum atomic E-state index is 5.71. The highest BCUT2D eigenvalue weighted by atomic mass is 35.5. The van der Waals surface area contributed by atoms with Crippen LogP contribution in [-0.4, -0.2) is 0 Å². The van der Waals surface area contributed by atoms with Crippen molar-refractivity contribution in [2.45, 2.75) is 5.88 Å². The van der Waals surface area contributed by atoms with Crippen molar-refractivity contribution >= 4 is 23.2 Å².